The first-order chi connectivity index (χ1) is 13.1. The summed E-state index contributed by atoms with van der Waals surface area (Å²) in [6.07, 6.45) is 1.75. The maximum atomic E-state index is 10.5. The third-order valence-corrected chi connectivity index (χ3v) is 6.21. The molecule has 0 spiro atoms. The van der Waals surface area contributed by atoms with Gasteiger partial charge in [-0.05, 0) is 81.1 Å². The lowest BCUT2D eigenvalue weighted by Gasteiger charge is -2.53. The molecule has 2 aliphatic rings. The van der Waals surface area contributed by atoms with Gasteiger partial charge in [-0.25, -0.2) is 0 Å². The van der Waals surface area contributed by atoms with Crippen LogP contribution in [-0.2, 0) is 9.68 Å². The van der Waals surface area contributed by atoms with E-state index in [9.17, 15) is 15.3 Å². The van der Waals surface area contributed by atoms with Gasteiger partial charge < -0.3 is 15.3 Å². The fraction of sp³-hybridized carbons (Fsp3) is 1.00. The van der Waals surface area contributed by atoms with Gasteiger partial charge in [0.05, 0.1) is 31.5 Å². The van der Waals surface area contributed by atoms with Crippen LogP contribution in [-0.4, -0.2) is 79.1 Å². The van der Waals surface area contributed by atoms with Gasteiger partial charge in [-0.15, -0.1) is 0 Å². The normalized spacial score (nSPS) is 29.1. The van der Waals surface area contributed by atoms with Gasteiger partial charge in [0.2, 0.25) is 0 Å². The zero-order chi connectivity index (χ0) is 22.3. The van der Waals surface area contributed by atoms with Crippen molar-refractivity contribution >= 4 is 0 Å². The standard InChI is InChI=1S/C22H44N2O5/c1-19(2)11-17(26)12-20(3,4)23(19)28-10-9-16(25)15-29-24-21(5,6)13-18(27)14-22(24,7)8/h16-18,25-27H,9-15H2,1-8H3. The summed E-state index contributed by atoms with van der Waals surface area (Å²) in [5, 5.41) is 34.7. The Morgan fingerprint density at radius 1 is 0.724 bits per heavy atom. The van der Waals surface area contributed by atoms with Gasteiger partial charge in [0.25, 0.3) is 0 Å². The van der Waals surface area contributed by atoms with Crippen molar-refractivity contribution in [1.82, 2.24) is 10.1 Å². The summed E-state index contributed by atoms with van der Waals surface area (Å²) in [5.41, 5.74) is -1.16. The number of piperidine rings is 2. The van der Waals surface area contributed by atoms with Crippen LogP contribution < -0.4 is 0 Å². The van der Waals surface area contributed by atoms with Crippen LogP contribution in [0.4, 0.5) is 0 Å². The van der Waals surface area contributed by atoms with Crippen molar-refractivity contribution in [1.29, 1.82) is 0 Å². The van der Waals surface area contributed by atoms with E-state index >= 15 is 0 Å². The molecule has 2 heterocycles. The topological polar surface area (TPSA) is 85.6 Å². The Bertz CT molecular complexity index is 513. The summed E-state index contributed by atoms with van der Waals surface area (Å²) in [4.78, 5) is 12.1. The minimum Gasteiger partial charge on any atom is -0.393 e. The van der Waals surface area contributed by atoms with E-state index in [-0.39, 0.29) is 41.0 Å². The highest BCUT2D eigenvalue weighted by Gasteiger charge is 2.47. The molecular formula is C22H44N2O5. The highest BCUT2D eigenvalue weighted by atomic mass is 16.7. The molecule has 1 unspecified atom stereocenters. The van der Waals surface area contributed by atoms with Gasteiger partial charge in [-0.3, -0.25) is 9.68 Å². The first-order valence-corrected chi connectivity index (χ1v) is 11.0. The summed E-state index contributed by atoms with van der Waals surface area (Å²) in [7, 11) is 0. The van der Waals surface area contributed by atoms with Crippen LogP contribution in [0.3, 0.4) is 0 Å². The van der Waals surface area contributed by atoms with Gasteiger partial charge >= 0.3 is 0 Å². The molecule has 2 saturated heterocycles. The average Bonchev–Trinajstić information content (AvgIpc) is 2.45. The molecule has 29 heavy (non-hydrogen) atoms. The van der Waals surface area contributed by atoms with Crippen molar-refractivity contribution in [3.63, 3.8) is 0 Å². The zero-order valence-electron chi connectivity index (χ0n) is 19.7. The van der Waals surface area contributed by atoms with Crippen molar-refractivity contribution in [2.45, 2.75) is 128 Å². The molecule has 172 valence electrons. The van der Waals surface area contributed by atoms with Crippen LogP contribution in [0.15, 0.2) is 0 Å². The summed E-state index contributed by atoms with van der Waals surface area (Å²) >= 11 is 0. The highest BCUT2D eigenvalue weighted by Crippen LogP contribution is 2.39. The van der Waals surface area contributed by atoms with Crippen LogP contribution in [0.1, 0.15) is 87.5 Å². The molecule has 0 amide bonds. The van der Waals surface area contributed by atoms with E-state index < -0.39 is 6.10 Å². The lowest BCUT2D eigenvalue weighted by atomic mass is 9.80. The second kappa shape index (κ2) is 8.69. The van der Waals surface area contributed by atoms with E-state index in [1.165, 1.54) is 0 Å². The fourth-order valence-electron chi connectivity index (χ4n) is 5.64. The first-order valence-electron chi connectivity index (χ1n) is 11.0. The second-order valence-corrected chi connectivity index (χ2v) is 11.5. The van der Waals surface area contributed by atoms with Crippen LogP contribution in [0.2, 0.25) is 0 Å². The second-order valence-electron chi connectivity index (χ2n) is 11.5. The third-order valence-electron chi connectivity index (χ3n) is 6.21. The monoisotopic (exact) mass is 416 g/mol. The van der Waals surface area contributed by atoms with Crippen molar-refractivity contribution < 1.29 is 25.0 Å². The Kier molecular flexibility index (Phi) is 7.49. The van der Waals surface area contributed by atoms with Crippen LogP contribution in [0, 0.1) is 0 Å². The Morgan fingerprint density at radius 2 is 1.07 bits per heavy atom. The molecule has 3 N–H and O–H groups in total. The Balaban J connectivity index is 1.85. The van der Waals surface area contributed by atoms with E-state index in [2.05, 4.69) is 55.4 Å². The largest absolute Gasteiger partial charge is 0.393 e. The van der Waals surface area contributed by atoms with Crippen molar-refractivity contribution in [3.05, 3.63) is 0 Å². The molecular weight excluding hydrogens is 372 g/mol. The van der Waals surface area contributed by atoms with Crippen LogP contribution in [0.5, 0.6) is 0 Å². The van der Waals surface area contributed by atoms with Crippen molar-refractivity contribution in [2.24, 2.45) is 0 Å². The predicted octanol–water partition coefficient (Wildman–Crippen LogP) is 2.63. The van der Waals surface area contributed by atoms with Gasteiger partial charge in [0.15, 0.2) is 0 Å². The number of aliphatic hydroxyl groups is 3. The fourth-order valence-corrected chi connectivity index (χ4v) is 5.64. The van der Waals surface area contributed by atoms with Crippen LogP contribution >= 0.6 is 0 Å². The average molecular weight is 417 g/mol. The Morgan fingerprint density at radius 3 is 1.45 bits per heavy atom. The quantitative estimate of drug-likeness (QED) is 0.588. The third kappa shape index (κ3) is 6.12. The molecule has 1 atom stereocenters. The first kappa shape index (κ1) is 25.0. The van der Waals surface area contributed by atoms with E-state index in [4.69, 9.17) is 9.68 Å². The maximum absolute atomic E-state index is 10.5. The summed E-state index contributed by atoms with van der Waals surface area (Å²) < 4.78 is 0. The van der Waals surface area contributed by atoms with Gasteiger partial charge in [0.1, 0.15) is 0 Å². The molecule has 0 bridgehead atoms. The predicted molar refractivity (Wildman–Crippen MR) is 113 cm³/mol. The lowest BCUT2D eigenvalue weighted by molar-refractivity contribution is -0.306. The Hall–Kier alpha value is -0.280. The van der Waals surface area contributed by atoms with Crippen molar-refractivity contribution in [2.75, 3.05) is 13.2 Å². The zero-order valence-corrected chi connectivity index (χ0v) is 19.7. The van der Waals surface area contributed by atoms with E-state index in [1.54, 1.807) is 0 Å². The minimum atomic E-state index is -0.643. The van der Waals surface area contributed by atoms with E-state index in [1.807, 2.05) is 10.1 Å². The number of rotatable bonds is 7. The van der Waals surface area contributed by atoms with Gasteiger partial charge in [0, 0.05) is 28.6 Å². The number of aliphatic hydroxyl groups excluding tert-OH is 3. The molecule has 2 rings (SSSR count). The number of hydrogen-bond acceptors (Lipinski definition) is 7. The number of hydrogen-bond donors (Lipinski definition) is 3. The lowest BCUT2D eigenvalue weighted by Crippen LogP contribution is -2.62. The molecule has 2 fully saturated rings. The van der Waals surface area contributed by atoms with Crippen molar-refractivity contribution in [3.8, 4) is 0 Å². The van der Waals surface area contributed by atoms with Gasteiger partial charge in [-0.1, -0.05) is 0 Å². The van der Waals surface area contributed by atoms with Crippen LogP contribution in [0.25, 0.3) is 0 Å². The summed E-state index contributed by atoms with van der Waals surface area (Å²) in [5.74, 6) is 0. The molecule has 0 aromatic heterocycles. The molecule has 2 aliphatic heterocycles. The molecule has 0 saturated carbocycles. The molecule has 0 aromatic rings. The molecule has 7 heteroatoms. The number of hydroxylamine groups is 4. The number of nitrogens with zero attached hydrogens (tertiary/aromatic N) is 2. The smallest absolute Gasteiger partial charge is 0.0945 e. The summed E-state index contributed by atoms with van der Waals surface area (Å²) in [6, 6.07) is 0. The molecule has 0 aliphatic carbocycles. The minimum absolute atomic E-state index is 0.192. The molecule has 0 aromatic carbocycles. The van der Waals surface area contributed by atoms with E-state index in [0.29, 0.717) is 38.7 Å². The summed E-state index contributed by atoms with van der Waals surface area (Å²) in [6.45, 7) is 17.1. The molecule has 7 nitrogen and oxygen atoms in total. The maximum Gasteiger partial charge on any atom is 0.0945 e. The highest BCUT2D eigenvalue weighted by molar-refractivity contribution is 4.97. The van der Waals surface area contributed by atoms with Gasteiger partial charge in [-0.2, -0.15) is 10.1 Å². The SMILES string of the molecule is CC1(C)CC(O)CC(C)(C)N1OCCC(O)CON1C(C)(C)CC(O)CC1(C)C. The Labute approximate surface area is 176 Å². The van der Waals surface area contributed by atoms with E-state index in [0.717, 1.165) is 0 Å². The molecule has 0 radical (unpaired) electrons.